The van der Waals surface area contributed by atoms with E-state index in [0.29, 0.717) is 16.3 Å². The minimum absolute atomic E-state index is 0.0164. The molecule has 2 atom stereocenters. The monoisotopic (exact) mass is 446 g/mol. The quantitative estimate of drug-likeness (QED) is 0.413. The van der Waals surface area contributed by atoms with Gasteiger partial charge in [-0.3, -0.25) is 4.79 Å². The molecule has 2 unspecified atom stereocenters. The second-order valence-electron chi connectivity index (χ2n) is 7.98. The van der Waals surface area contributed by atoms with Crippen LogP contribution in [-0.2, 0) is 6.61 Å². The van der Waals surface area contributed by atoms with Crippen molar-refractivity contribution in [1.29, 1.82) is 0 Å². The van der Waals surface area contributed by atoms with Crippen LogP contribution in [0.25, 0.3) is 11.0 Å². The van der Waals surface area contributed by atoms with E-state index in [4.69, 9.17) is 16.3 Å². The van der Waals surface area contributed by atoms with Crippen LogP contribution >= 0.6 is 11.6 Å². The van der Waals surface area contributed by atoms with Crippen molar-refractivity contribution in [2.75, 3.05) is 13.1 Å². The van der Waals surface area contributed by atoms with Crippen molar-refractivity contribution < 1.29 is 9.53 Å². The summed E-state index contributed by atoms with van der Waals surface area (Å²) in [7, 11) is 0. The SMILES string of the molecule is O=C(NC1CNCC1c1ccccc1)c1cc(Cl)cc(COc2cnc3[nH]ccc3c2)c1. The molecule has 32 heavy (non-hydrogen) atoms. The van der Waals surface area contributed by atoms with Crippen LogP contribution in [0.1, 0.15) is 27.4 Å². The molecule has 1 amide bonds. The number of ether oxygens (including phenoxy) is 1. The van der Waals surface area contributed by atoms with Crippen LogP contribution in [0.3, 0.4) is 0 Å². The van der Waals surface area contributed by atoms with E-state index in [1.165, 1.54) is 5.56 Å². The number of nitrogens with one attached hydrogen (secondary N) is 3. The zero-order valence-electron chi connectivity index (χ0n) is 17.3. The molecular weight excluding hydrogens is 424 g/mol. The number of fused-ring (bicyclic) bond motifs is 1. The molecule has 1 aliphatic heterocycles. The Labute approximate surface area is 191 Å². The van der Waals surface area contributed by atoms with Gasteiger partial charge in [0.1, 0.15) is 18.0 Å². The Hall–Kier alpha value is -3.35. The Bertz CT molecular complexity index is 1240. The average molecular weight is 447 g/mol. The summed E-state index contributed by atoms with van der Waals surface area (Å²) < 4.78 is 5.89. The number of benzene rings is 2. The molecule has 0 aliphatic carbocycles. The molecule has 1 saturated heterocycles. The highest BCUT2D eigenvalue weighted by Gasteiger charge is 2.29. The molecule has 0 saturated carbocycles. The first kappa shape index (κ1) is 20.5. The van der Waals surface area contributed by atoms with Gasteiger partial charge in [-0.1, -0.05) is 41.9 Å². The van der Waals surface area contributed by atoms with Crippen LogP contribution < -0.4 is 15.4 Å². The molecule has 0 radical (unpaired) electrons. The van der Waals surface area contributed by atoms with Crippen molar-refractivity contribution in [3.8, 4) is 5.75 Å². The van der Waals surface area contributed by atoms with Gasteiger partial charge in [0.25, 0.3) is 5.91 Å². The fourth-order valence-electron chi connectivity index (χ4n) is 4.16. The minimum atomic E-state index is -0.140. The van der Waals surface area contributed by atoms with Gasteiger partial charge in [0, 0.05) is 47.2 Å². The van der Waals surface area contributed by atoms with E-state index in [-0.39, 0.29) is 24.5 Å². The van der Waals surface area contributed by atoms with Gasteiger partial charge in [0.15, 0.2) is 0 Å². The number of hydrogen-bond donors (Lipinski definition) is 3. The molecule has 6 nitrogen and oxygen atoms in total. The maximum atomic E-state index is 13.0. The molecule has 0 spiro atoms. The predicted molar refractivity (Wildman–Crippen MR) is 125 cm³/mol. The first-order valence-corrected chi connectivity index (χ1v) is 11.0. The summed E-state index contributed by atoms with van der Waals surface area (Å²) in [6, 6.07) is 19.5. The summed E-state index contributed by atoms with van der Waals surface area (Å²) in [6.07, 6.45) is 3.51. The molecule has 3 N–H and O–H groups in total. The number of aromatic amines is 1. The summed E-state index contributed by atoms with van der Waals surface area (Å²) >= 11 is 6.32. The lowest BCUT2D eigenvalue weighted by Crippen LogP contribution is -2.39. The molecule has 2 aromatic carbocycles. The Morgan fingerprint density at radius 1 is 1.12 bits per heavy atom. The molecule has 5 rings (SSSR count). The van der Waals surface area contributed by atoms with Crippen LogP contribution in [0, 0.1) is 0 Å². The summed E-state index contributed by atoms with van der Waals surface area (Å²) in [5.41, 5.74) is 3.38. The largest absolute Gasteiger partial charge is 0.487 e. The summed E-state index contributed by atoms with van der Waals surface area (Å²) in [5, 5.41) is 8.03. The molecule has 3 heterocycles. The highest BCUT2D eigenvalue weighted by Crippen LogP contribution is 2.24. The molecule has 4 aromatic rings. The lowest BCUT2D eigenvalue weighted by molar-refractivity contribution is 0.0937. The van der Waals surface area contributed by atoms with Crippen molar-refractivity contribution in [2.24, 2.45) is 0 Å². The van der Waals surface area contributed by atoms with E-state index in [2.05, 4.69) is 32.7 Å². The van der Waals surface area contributed by atoms with Gasteiger partial charge in [-0.25, -0.2) is 4.98 Å². The topological polar surface area (TPSA) is 79.0 Å². The third kappa shape index (κ3) is 4.47. The number of amides is 1. The third-order valence-electron chi connectivity index (χ3n) is 5.76. The van der Waals surface area contributed by atoms with Gasteiger partial charge in [-0.2, -0.15) is 0 Å². The molecule has 2 aromatic heterocycles. The number of rotatable bonds is 6. The van der Waals surface area contributed by atoms with Crippen LogP contribution in [0.15, 0.2) is 73.1 Å². The van der Waals surface area contributed by atoms with E-state index < -0.39 is 0 Å². The first-order chi connectivity index (χ1) is 15.7. The summed E-state index contributed by atoms with van der Waals surface area (Å²) in [6.45, 7) is 1.86. The maximum Gasteiger partial charge on any atom is 0.251 e. The van der Waals surface area contributed by atoms with Gasteiger partial charge in [0.05, 0.1) is 6.20 Å². The van der Waals surface area contributed by atoms with E-state index in [1.807, 2.05) is 48.7 Å². The van der Waals surface area contributed by atoms with Crippen molar-refractivity contribution in [3.63, 3.8) is 0 Å². The van der Waals surface area contributed by atoms with Gasteiger partial charge in [0.2, 0.25) is 0 Å². The van der Waals surface area contributed by atoms with Crippen molar-refractivity contribution in [2.45, 2.75) is 18.6 Å². The molecule has 7 heteroatoms. The number of halogens is 1. The smallest absolute Gasteiger partial charge is 0.251 e. The molecule has 1 fully saturated rings. The molecule has 1 aliphatic rings. The Kier molecular flexibility index (Phi) is 5.79. The molecular formula is C25H23ClN4O2. The van der Waals surface area contributed by atoms with Crippen LogP contribution in [-0.4, -0.2) is 35.0 Å². The highest BCUT2D eigenvalue weighted by molar-refractivity contribution is 6.31. The number of hydrogen-bond acceptors (Lipinski definition) is 4. The Morgan fingerprint density at radius 3 is 2.88 bits per heavy atom. The average Bonchev–Trinajstić information content (AvgIpc) is 3.47. The van der Waals surface area contributed by atoms with Gasteiger partial charge < -0.3 is 20.4 Å². The summed E-state index contributed by atoms with van der Waals surface area (Å²) in [4.78, 5) is 20.4. The highest BCUT2D eigenvalue weighted by atomic mass is 35.5. The number of H-pyrrole nitrogens is 1. The first-order valence-electron chi connectivity index (χ1n) is 10.6. The zero-order valence-corrected chi connectivity index (χ0v) is 18.1. The molecule has 0 bridgehead atoms. The number of carbonyl (C=O) groups is 1. The van der Waals surface area contributed by atoms with Crippen LogP contribution in [0.5, 0.6) is 5.75 Å². The van der Waals surface area contributed by atoms with Crippen LogP contribution in [0.2, 0.25) is 5.02 Å². The van der Waals surface area contributed by atoms with E-state index in [1.54, 1.807) is 12.3 Å². The van der Waals surface area contributed by atoms with Crippen molar-refractivity contribution in [3.05, 3.63) is 94.8 Å². The third-order valence-corrected chi connectivity index (χ3v) is 5.98. The predicted octanol–water partition coefficient (Wildman–Crippen LogP) is 4.28. The standard InChI is InChI=1S/C25H23ClN4O2/c26-20-9-16(15-32-21-11-18-6-7-28-24(18)29-12-21)8-19(10-20)25(31)30-23-14-27-13-22(23)17-4-2-1-3-5-17/h1-12,22-23,27H,13-15H2,(H,28,29)(H,30,31). The minimum Gasteiger partial charge on any atom is -0.487 e. The Morgan fingerprint density at radius 2 is 2.00 bits per heavy atom. The maximum absolute atomic E-state index is 13.0. The van der Waals surface area contributed by atoms with Gasteiger partial charge >= 0.3 is 0 Å². The normalized spacial score (nSPS) is 18.0. The second-order valence-corrected chi connectivity index (χ2v) is 8.42. The van der Waals surface area contributed by atoms with E-state index >= 15 is 0 Å². The fourth-order valence-corrected chi connectivity index (χ4v) is 4.42. The van der Waals surface area contributed by atoms with E-state index in [9.17, 15) is 4.79 Å². The van der Waals surface area contributed by atoms with Crippen molar-refractivity contribution >= 4 is 28.5 Å². The number of nitrogens with zero attached hydrogens (tertiary/aromatic N) is 1. The molecule has 162 valence electrons. The second kappa shape index (κ2) is 9.02. The lowest BCUT2D eigenvalue weighted by Gasteiger charge is -2.20. The van der Waals surface area contributed by atoms with Gasteiger partial charge in [-0.05, 0) is 41.5 Å². The summed E-state index contributed by atoms with van der Waals surface area (Å²) in [5.74, 6) is 0.752. The van der Waals surface area contributed by atoms with Crippen molar-refractivity contribution in [1.82, 2.24) is 20.6 Å². The number of aromatic nitrogens is 2. The fraction of sp³-hybridized carbons (Fsp3) is 0.200. The van der Waals surface area contributed by atoms with Crippen LogP contribution in [0.4, 0.5) is 0 Å². The lowest BCUT2D eigenvalue weighted by atomic mass is 9.94. The van der Waals surface area contributed by atoms with E-state index in [0.717, 1.165) is 29.7 Å². The number of carbonyl (C=O) groups excluding carboxylic acids is 1. The Balaban J connectivity index is 1.28. The zero-order chi connectivity index (χ0) is 21.9. The van der Waals surface area contributed by atoms with Gasteiger partial charge in [-0.15, -0.1) is 0 Å². The number of pyridine rings is 1.